The maximum absolute atomic E-state index is 12.9. The van der Waals surface area contributed by atoms with Gasteiger partial charge in [0.2, 0.25) is 14.9 Å². The van der Waals surface area contributed by atoms with Crippen LogP contribution in [-0.2, 0) is 16.0 Å². The summed E-state index contributed by atoms with van der Waals surface area (Å²) in [4.78, 5) is 10.5. The molecule has 0 spiro atoms. The Morgan fingerprint density at radius 2 is 1.79 bits per heavy atom. The largest absolute Gasteiger partial charge is 0.478 e. The summed E-state index contributed by atoms with van der Waals surface area (Å²) in [6.45, 7) is 1.37. The van der Waals surface area contributed by atoms with Gasteiger partial charge in [0.25, 0.3) is 0 Å². The molecule has 11 heteroatoms. The van der Waals surface area contributed by atoms with Crippen LogP contribution in [0.3, 0.4) is 0 Å². The summed E-state index contributed by atoms with van der Waals surface area (Å²) in [5.74, 6) is -1.18. The molecule has 3 rings (SSSR count). The number of carbonyl (C=O) groups is 1. The lowest BCUT2D eigenvalue weighted by molar-refractivity contribution is -0.137. The summed E-state index contributed by atoms with van der Waals surface area (Å²) in [7, 11) is -4.38. The summed E-state index contributed by atoms with van der Waals surface area (Å²) in [6.07, 6.45) is -4.70. The van der Waals surface area contributed by atoms with Gasteiger partial charge in [-0.2, -0.15) is 13.2 Å². The van der Waals surface area contributed by atoms with Crippen LogP contribution in [0, 0.1) is 6.92 Å². The van der Waals surface area contributed by atoms with Crippen molar-refractivity contribution in [2.24, 2.45) is 0 Å². The molecule has 28 heavy (non-hydrogen) atoms. The number of benzene rings is 2. The van der Waals surface area contributed by atoms with Crippen LogP contribution in [0.1, 0.15) is 21.6 Å². The van der Waals surface area contributed by atoms with Gasteiger partial charge in [0.05, 0.1) is 27.4 Å². The number of sulfone groups is 1. The first kappa shape index (κ1) is 19.5. The molecule has 2 aromatic carbocycles. The van der Waals surface area contributed by atoms with Crippen LogP contribution >= 0.6 is 0 Å². The molecule has 1 heterocycles. The minimum absolute atomic E-state index is 0.0277. The normalized spacial score (nSPS) is 12.1. The van der Waals surface area contributed by atoms with Gasteiger partial charge >= 0.3 is 12.1 Å². The Morgan fingerprint density at radius 3 is 2.43 bits per heavy atom. The minimum atomic E-state index is -4.70. The summed E-state index contributed by atoms with van der Waals surface area (Å²) in [6, 6.07) is 8.87. The highest BCUT2D eigenvalue weighted by atomic mass is 32.2. The number of alkyl halides is 3. The van der Waals surface area contributed by atoms with Crippen molar-refractivity contribution >= 4 is 15.8 Å². The maximum atomic E-state index is 12.9. The molecule has 0 unspecified atom stereocenters. The number of carboxylic acid groups (broad SMARTS) is 1. The molecular weight excluding hydrogens is 399 g/mol. The molecule has 7 nitrogen and oxygen atoms in total. The SMILES string of the molecule is Cc1c(S(=O)(=O)c2cccc(C(F)(F)F)c2)nnn1-c1cccc(C(=O)O)c1. The maximum Gasteiger partial charge on any atom is 0.416 e. The fourth-order valence-corrected chi connectivity index (χ4v) is 3.91. The van der Waals surface area contributed by atoms with E-state index < -0.39 is 37.5 Å². The van der Waals surface area contributed by atoms with Gasteiger partial charge in [-0.05, 0) is 43.3 Å². The summed E-state index contributed by atoms with van der Waals surface area (Å²) < 4.78 is 65.3. The highest BCUT2D eigenvalue weighted by molar-refractivity contribution is 7.91. The predicted molar refractivity (Wildman–Crippen MR) is 90.0 cm³/mol. The van der Waals surface area contributed by atoms with Crippen molar-refractivity contribution in [1.29, 1.82) is 0 Å². The molecule has 0 saturated carbocycles. The van der Waals surface area contributed by atoms with E-state index in [1.807, 2.05) is 0 Å². The van der Waals surface area contributed by atoms with E-state index in [4.69, 9.17) is 5.11 Å². The first-order valence-corrected chi connectivity index (χ1v) is 9.18. The number of halogens is 3. The van der Waals surface area contributed by atoms with Crippen LogP contribution in [0.5, 0.6) is 0 Å². The zero-order chi connectivity index (χ0) is 20.7. The van der Waals surface area contributed by atoms with Gasteiger partial charge in [-0.15, -0.1) is 5.10 Å². The third-order valence-electron chi connectivity index (χ3n) is 3.92. The van der Waals surface area contributed by atoms with Crippen molar-refractivity contribution in [3.8, 4) is 5.69 Å². The lowest BCUT2D eigenvalue weighted by Gasteiger charge is -2.09. The average molecular weight is 411 g/mol. The summed E-state index contributed by atoms with van der Waals surface area (Å²) in [5, 5.41) is 15.9. The molecule has 0 bridgehead atoms. The van der Waals surface area contributed by atoms with Crippen LogP contribution in [0.15, 0.2) is 58.5 Å². The smallest absolute Gasteiger partial charge is 0.416 e. The van der Waals surface area contributed by atoms with Gasteiger partial charge in [-0.1, -0.05) is 17.3 Å². The van der Waals surface area contributed by atoms with Gasteiger partial charge in [0.15, 0.2) is 0 Å². The van der Waals surface area contributed by atoms with E-state index in [2.05, 4.69) is 10.3 Å². The Morgan fingerprint density at radius 1 is 1.11 bits per heavy atom. The third-order valence-corrected chi connectivity index (χ3v) is 5.68. The molecule has 0 saturated heterocycles. The van der Waals surface area contributed by atoms with Crippen molar-refractivity contribution in [3.63, 3.8) is 0 Å². The minimum Gasteiger partial charge on any atom is -0.478 e. The number of hydrogen-bond donors (Lipinski definition) is 1. The van der Waals surface area contributed by atoms with Crippen molar-refractivity contribution in [1.82, 2.24) is 15.0 Å². The van der Waals surface area contributed by atoms with Gasteiger partial charge in [-0.3, -0.25) is 0 Å². The van der Waals surface area contributed by atoms with Crippen LogP contribution < -0.4 is 0 Å². The zero-order valence-corrected chi connectivity index (χ0v) is 15.0. The molecule has 0 aliphatic carbocycles. The van der Waals surface area contributed by atoms with Gasteiger partial charge in [-0.25, -0.2) is 17.9 Å². The fourth-order valence-electron chi connectivity index (χ4n) is 2.53. The van der Waals surface area contributed by atoms with E-state index in [-0.39, 0.29) is 16.9 Å². The monoisotopic (exact) mass is 411 g/mol. The summed E-state index contributed by atoms with van der Waals surface area (Å²) >= 11 is 0. The Balaban J connectivity index is 2.09. The Kier molecular flexibility index (Phi) is 4.71. The number of aromatic nitrogens is 3. The van der Waals surface area contributed by atoms with E-state index >= 15 is 0 Å². The molecule has 0 fully saturated rings. The molecule has 0 aliphatic rings. The lowest BCUT2D eigenvalue weighted by Crippen LogP contribution is -2.09. The van der Waals surface area contributed by atoms with Crippen molar-refractivity contribution in [2.75, 3.05) is 0 Å². The molecule has 1 aromatic heterocycles. The van der Waals surface area contributed by atoms with Gasteiger partial charge < -0.3 is 5.11 Å². The van der Waals surface area contributed by atoms with Crippen LogP contribution in [0.4, 0.5) is 13.2 Å². The second-order valence-corrected chi connectivity index (χ2v) is 7.64. The highest BCUT2D eigenvalue weighted by Gasteiger charge is 2.33. The molecule has 146 valence electrons. The standard InChI is InChI=1S/C17H12F3N3O4S/c1-10-15(21-22-23(10)13-6-2-4-11(8-13)16(24)25)28(26,27)14-7-3-5-12(9-14)17(18,19)20/h2-9H,1H3,(H,24,25). The molecule has 0 atom stereocenters. The number of aromatic carboxylic acids is 1. The lowest BCUT2D eigenvalue weighted by atomic mass is 10.2. The van der Waals surface area contributed by atoms with Crippen LogP contribution in [-0.4, -0.2) is 34.5 Å². The van der Waals surface area contributed by atoms with Crippen molar-refractivity contribution in [3.05, 3.63) is 65.4 Å². The number of carboxylic acids is 1. The molecule has 0 amide bonds. The van der Waals surface area contributed by atoms with Gasteiger partial charge in [0.1, 0.15) is 0 Å². The van der Waals surface area contributed by atoms with E-state index in [9.17, 15) is 26.4 Å². The molecule has 1 N–H and O–H groups in total. The van der Waals surface area contributed by atoms with Crippen molar-refractivity contribution in [2.45, 2.75) is 23.0 Å². The van der Waals surface area contributed by atoms with Crippen molar-refractivity contribution < 1.29 is 31.5 Å². The van der Waals surface area contributed by atoms with Crippen LogP contribution in [0.25, 0.3) is 5.69 Å². The average Bonchev–Trinajstić information content (AvgIpc) is 3.03. The van der Waals surface area contributed by atoms with E-state index in [1.54, 1.807) is 0 Å². The third kappa shape index (κ3) is 3.48. The van der Waals surface area contributed by atoms with Gasteiger partial charge in [0, 0.05) is 0 Å². The first-order valence-electron chi connectivity index (χ1n) is 7.70. The molecular formula is C17H12F3N3O4S. The van der Waals surface area contributed by atoms with Crippen LogP contribution in [0.2, 0.25) is 0 Å². The van der Waals surface area contributed by atoms with E-state index in [0.717, 1.165) is 22.9 Å². The molecule has 0 radical (unpaired) electrons. The van der Waals surface area contributed by atoms with E-state index in [0.29, 0.717) is 6.07 Å². The quantitative estimate of drug-likeness (QED) is 0.708. The highest BCUT2D eigenvalue weighted by Crippen LogP contribution is 2.32. The Hall–Kier alpha value is -3.21. The Labute approximate surface area is 157 Å². The number of nitrogens with zero attached hydrogens (tertiary/aromatic N) is 3. The first-order chi connectivity index (χ1) is 13.0. The number of hydrogen-bond acceptors (Lipinski definition) is 5. The summed E-state index contributed by atoms with van der Waals surface area (Å²) in [5.41, 5.74) is -0.877. The fraction of sp³-hybridized carbons (Fsp3) is 0.118. The predicted octanol–water partition coefficient (Wildman–Crippen LogP) is 3.13. The second-order valence-electron chi connectivity index (χ2n) is 5.78. The molecule has 3 aromatic rings. The zero-order valence-electron chi connectivity index (χ0n) is 14.2. The van der Waals surface area contributed by atoms with E-state index in [1.165, 1.54) is 31.2 Å². The second kappa shape index (κ2) is 6.75. The number of rotatable bonds is 4. The Bertz CT molecular complexity index is 1170. The molecule has 0 aliphatic heterocycles. The topological polar surface area (TPSA) is 102 Å².